The molecule has 0 aliphatic rings. The summed E-state index contributed by atoms with van der Waals surface area (Å²) in [5, 5.41) is 2.83. The number of benzene rings is 2. The normalized spacial score (nSPS) is 12.5. The summed E-state index contributed by atoms with van der Waals surface area (Å²) < 4.78 is 51.7. The zero-order valence-electron chi connectivity index (χ0n) is 16.3. The largest absolute Gasteiger partial charge is 0.348 e. The van der Waals surface area contributed by atoms with E-state index in [0.717, 1.165) is 45.5 Å². The van der Waals surface area contributed by atoms with E-state index in [-0.39, 0.29) is 11.7 Å². The van der Waals surface area contributed by atoms with Gasteiger partial charge in [0, 0.05) is 6.07 Å². The number of amides is 1. The molecule has 2 aromatic carbocycles. The average Bonchev–Trinajstić information content (AvgIpc) is 2.59. The molecule has 0 spiro atoms. The van der Waals surface area contributed by atoms with E-state index in [0.29, 0.717) is 6.42 Å². The highest BCUT2D eigenvalue weighted by Gasteiger charge is 2.24. The Bertz CT molecular complexity index is 977. The van der Waals surface area contributed by atoms with Crippen LogP contribution in [-0.2, 0) is 14.8 Å². The summed E-state index contributed by atoms with van der Waals surface area (Å²) >= 11 is 0. The van der Waals surface area contributed by atoms with Crippen molar-refractivity contribution in [1.82, 2.24) is 5.32 Å². The van der Waals surface area contributed by atoms with Crippen LogP contribution in [0.15, 0.2) is 36.4 Å². The van der Waals surface area contributed by atoms with E-state index in [1.165, 1.54) is 0 Å². The Hall–Kier alpha value is -2.48. The van der Waals surface area contributed by atoms with Crippen molar-refractivity contribution in [2.24, 2.45) is 0 Å². The third-order valence-corrected chi connectivity index (χ3v) is 5.56. The molecule has 0 unspecified atom stereocenters. The first-order valence-corrected chi connectivity index (χ1v) is 10.7. The lowest BCUT2D eigenvalue weighted by atomic mass is 9.97. The second-order valence-electron chi connectivity index (χ2n) is 6.76. The minimum Gasteiger partial charge on any atom is -0.348 e. The lowest BCUT2D eigenvalue weighted by Gasteiger charge is -2.25. The molecule has 152 valence electrons. The van der Waals surface area contributed by atoms with Crippen LogP contribution in [0.3, 0.4) is 0 Å². The number of hydrogen-bond donors (Lipinski definition) is 1. The summed E-state index contributed by atoms with van der Waals surface area (Å²) in [5.74, 6) is -2.82. The lowest BCUT2D eigenvalue weighted by Crippen LogP contribution is -2.41. The molecule has 1 N–H and O–H groups in total. The maximum atomic E-state index is 13.5. The van der Waals surface area contributed by atoms with E-state index in [1.807, 2.05) is 39.0 Å². The number of sulfonamides is 1. The van der Waals surface area contributed by atoms with Gasteiger partial charge in [-0.25, -0.2) is 17.2 Å². The minimum atomic E-state index is -3.88. The summed E-state index contributed by atoms with van der Waals surface area (Å²) in [6, 6.07) is 8.29. The third kappa shape index (κ3) is 5.28. The molecule has 0 aromatic heterocycles. The molecule has 2 aromatic rings. The van der Waals surface area contributed by atoms with Gasteiger partial charge in [-0.2, -0.15) is 0 Å². The number of carbonyl (C=O) groups excluding carboxylic acids is 1. The molecule has 0 aliphatic carbocycles. The first-order valence-electron chi connectivity index (χ1n) is 8.82. The molecule has 5 nitrogen and oxygen atoms in total. The first-order chi connectivity index (χ1) is 13.0. The van der Waals surface area contributed by atoms with Crippen molar-refractivity contribution in [3.8, 4) is 0 Å². The number of nitrogens with one attached hydrogen (secondary N) is 1. The molecule has 0 heterocycles. The molecule has 0 aliphatic heterocycles. The van der Waals surface area contributed by atoms with E-state index >= 15 is 0 Å². The predicted octanol–water partition coefficient (Wildman–Crippen LogP) is 3.62. The van der Waals surface area contributed by atoms with Gasteiger partial charge in [0.25, 0.3) is 0 Å². The van der Waals surface area contributed by atoms with E-state index < -0.39 is 34.1 Å². The molecule has 0 bridgehead atoms. The molecule has 0 saturated heterocycles. The van der Waals surface area contributed by atoms with Crippen LogP contribution in [0.1, 0.15) is 36.1 Å². The van der Waals surface area contributed by atoms with Crippen LogP contribution in [0.4, 0.5) is 14.5 Å². The molecular weight excluding hydrogens is 386 g/mol. The van der Waals surface area contributed by atoms with Crippen LogP contribution in [-0.4, -0.2) is 27.1 Å². The molecule has 0 saturated carbocycles. The highest BCUT2D eigenvalue weighted by Crippen LogP contribution is 2.23. The van der Waals surface area contributed by atoms with Gasteiger partial charge in [0.05, 0.1) is 18.0 Å². The number of aryl methyl sites for hydroxylation is 2. The number of rotatable bonds is 7. The van der Waals surface area contributed by atoms with Crippen LogP contribution in [0.25, 0.3) is 0 Å². The molecule has 8 heteroatoms. The van der Waals surface area contributed by atoms with Gasteiger partial charge in [0.15, 0.2) is 11.6 Å². The molecule has 0 radical (unpaired) electrons. The number of carbonyl (C=O) groups is 1. The first kappa shape index (κ1) is 21.8. The van der Waals surface area contributed by atoms with E-state index in [9.17, 15) is 22.0 Å². The number of anilines is 1. The standard InChI is InChI=1S/C20H24F2N2O3S/c1-5-19(16-8-6-13(2)10-14(16)3)23-20(25)12-24(28(4,26)27)15-7-9-17(21)18(22)11-15/h6-11,19H,5,12H2,1-4H3,(H,23,25)/t19-/m0/s1. The van der Waals surface area contributed by atoms with Crippen molar-refractivity contribution in [3.63, 3.8) is 0 Å². The van der Waals surface area contributed by atoms with Gasteiger partial charge in [-0.15, -0.1) is 0 Å². The highest BCUT2D eigenvalue weighted by atomic mass is 32.2. The maximum absolute atomic E-state index is 13.5. The van der Waals surface area contributed by atoms with Gasteiger partial charge in [0.2, 0.25) is 15.9 Å². The van der Waals surface area contributed by atoms with Crippen molar-refractivity contribution in [1.29, 1.82) is 0 Å². The predicted molar refractivity (Wildman–Crippen MR) is 106 cm³/mol. The Kier molecular flexibility index (Phi) is 6.77. The Balaban J connectivity index is 2.24. The Morgan fingerprint density at radius 3 is 2.32 bits per heavy atom. The van der Waals surface area contributed by atoms with Crippen molar-refractivity contribution < 1.29 is 22.0 Å². The van der Waals surface area contributed by atoms with Gasteiger partial charge in [-0.1, -0.05) is 30.7 Å². The zero-order chi connectivity index (χ0) is 21.1. The number of hydrogen-bond acceptors (Lipinski definition) is 3. The Morgan fingerprint density at radius 2 is 1.79 bits per heavy atom. The average molecular weight is 410 g/mol. The van der Waals surface area contributed by atoms with Gasteiger partial charge in [-0.3, -0.25) is 9.10 Å². The third-order valence-electron chi connectivity index (χ3n) is 4.42. The van der Waals surface area contributed by atoms with Gasteiger partial charge < -0.3 is 5.32 Å². The van der Waals surface area contributed by atoms with Crippen LogP contribution in [0, 0.1) is 25.5 Å². The monoisotopic (exact) mass is 410 g/mol. The molecular formula is C20H24F2N2O3S. The second-order valence-corrected chi connectivity index (χ2v) is 8.66. The van der Waals surface area contributed by atoms with Crippen LogP contribution >= 0.6 is 0 Å². The fraction of sp³-hybridized carbons (Fsp3) is 0.350. The summed E-state index contributed by atoms with van der Waals surface area (Å²) in [6.45, 7) is 5.29. The fourth-order valence-electron chi connectivity index (χ4n) is 3.03. The molecule has 1 amide bonds. The fourth-order valence-corrected chi connectivity index (χ4v) is 3.88. The SMILES string of the molecule is CC[C@H](NC(=O)CN(c1ccc(F)c(F)c1)S(C)(=O)=O)c1ccc(C)cc1C. The molecule has 0 fully saturated rings. The van der Waals surface area contributed by atoms with E-state index in [4.69, 9.17) is 0 Å². The summed E-state index contributed by atoms with van der Waals surface area (Å²) in [6.07, 6.45) is 1.52. The van der Waals surface area contributed by atoms with Crippen molar-refractivity contribution in [2.45, 2.75) is 33.2 Å². The Labute approximate surface area is 164 Å². The highest BCUT2D eigenvalue weighted by molar-refractivity contribution is 7.92. The van der Waals surface area contributed by atoms with E-state index in [1.54, 1.807) is 0 Å². The van der Waals surface area contributed by atoms with Gasteiger partial charge in [0.1, 0.15) is 6.54 Å². The summed E-state index contributed by atoms with van der Waals surface area (Å²) in [5.41, 5.74) is 2.95. The number of halogens is 2. The molecule has 2 rings (SSSR count). The van der Waals surface area contributed by atoms with Gasteiger partial charge >= 0.3 is 0 Å². The van der Waals surface area contributed by atoms with Gasteiger partial charge in [-0.05, 0) is 43.5 Å². The van der Waals surface area contributed by atoms with Crippen LogP contribution in [0.5, 0.6) is 0 Å². The maximum Gasteiger partial charge on any atom is 0.241 e. The topological polar surface area (TPSA) is 66.5 Å². The van der Waals surface area contributed by atoms with E-state index in [2.05, 4.69) is 5.32 Å². The molecule has 28 heavy (non-hydrogen) atoms. The minimum absolute atomic E-state index is 0.115. The van der Waals surface area contributed by atoms with Crippen LogP contribution < -0.4 is 9.62 Å². The van der Waals surface area contributed by atoms with Crippen molar-refractivity contribution in [3.05, 3.63) is 64.7 Å². The smallest absolute Gasteiger partial charge is 0.241 e. The lowest BCUT2D eigenvalue weighted by molar-refractivity contribution is -0.120. The second kappa shape index (κ2) is 8.68. The van der Waals surface area contributed by atoms with Crippen molar-refractivity contribution >= 4 is 21.6 Å². The quantitative estimate of drug-likeness (QED) is 0.758. The molecule has 1 atom stereocenters. The Morgan fingerprint density at radius 1 is 1.11 bits per heavy atom. The van der Waals surface area contributed by atoms with Crippen molar-refractivity contribution in [2.75, 3.05) is 17.1 Å². The van der Waals surface area contributed by atoms with Crippen LogP contribution in [0.2, 0.25) is 0 Å². The zero-order valence-corrected chi connectivity index (χ0v) is 17.1. The number of nitrogens with zero attached hydrogens (tertiary/aromatic N) is 1. The summed E-state index contributed by atoms with van der Waals surface area (Å²) in [7, 11) is -3.88. The summed E-state index contributed by atoms with van der Waals surface area (Å²) in [4.78, 5) is 12.6.